The summed E-state index contributed by atoms with van der Waals surface area (Å²) < 4.78 is 19.4. The highest BCUT2D eigenvalue weighted by Gasteiger charge is 2.07. The zero-order chi connectivity index (χ0) is 13.8. The molecule has 0 bridgehead atoms. The fourth-order valence-corrected chi connectivity index (χ4v) is 1.97. The largest absolute Gasteiger partial charge is 0.497 e. The van der Waals surface area contributed by atoms with Crippen LogP contribution in [-0.2, 0) is 6.42 Å². The molecule has 0 saturated carbocycles. The Hall–Kier alpha value is -1.69. The molecule has 0 spiro atoms. The summed E-state index contributed by atoms with van der Waals surface area (Å²) in [6, 6.07) is 6.18. The molecule has 19 heavy (non-hydrogen) atoms. The Morgan fingerprint density at radius 1 is 1.32 bits per heavy atom. The third kappa shape index (κ3) is 3.41. The summed E-state index contributed by atoms with van der Waals surface area (Å²) in [7, 11) is 1.54. The van der Waals surface area contributed by atoms with Gasteiger partial charge in [-0.25, -0.2) is 14.4 Å². The number of aromatic nitrogens is 2. The van der Waals surface area contributed by atoms with Gasteiger partial charge in [0.15, 0.2) is 0 Å². The fraction of sp³-hybridized carbons (Fsp3) is 0.231. The van der Waals surface area contributed by atoms with E-state index in [1.165, 1.54) is 13.2 Å². The minimum absolute atomic E-state index is 0.312. The molecule has 2 aromatic rings. The van der Waals surface area contributed by atoms with Gasteiger partial charge in [0, 0.05) is 18.6 Å². The van der Waals surface area contributed by atoms with E-state index >= 15 is 0 Å². The maximum Gasteiger partial charge on any atom is 0.146 e. The first kappa shape index (κ1) is 13.7. The Morgan fingerprint density at radius 2 is 2.11 bits per heavy atom. The Balaban J connectivity index is 2.32. The van der Waals surface area contributed by atoms with E-state index in [0.29, 0.717) is 34.1 Å². The van der Waals surface area contributed by atoms with Crippen molar-refractivity contribution in [3.05, 3.63) is 40.5 Å². The number of ether oxygens (including phenoxy) is 1. The fourth-order valence-electron chi connectivity index (χ4n) is 1.55. The van der Waals surface area contributed by atoms with Gasteiger partial charge >= 0.3 is 0 Å². The van der Waals surface area contributed by atoms with Crippen molar-refractivity contribution in [1.29, 1.82) is 0 Å². The standard InChI is InChI=1S/C13H13BrFN3O/c1-3-12-17-11(14)7-13(18-12)16-10-6-8(19-2)4-5-9(10)15/h4-7H,3H2,1-2H3,(H,16,17,18). The number of anilines is 2. The summed E-state index contributed by atoms with van der Waals surface area (Å²) in [6.07, 6.45) is 0.703. The monoisotopic (exact) mass is 325 g/mol. The van der Waals surface area contributed by atoms with Gasteiger partial charge < -0.3 is 10.1 Å². The lowest BCUT2D eigenvalue weighted by Gasteiger charge is -2.09. The van der Waals surface area contributed by atoms with Gasteiger partial charge in [-0.3, -0.25) is 0 Å². The van der Waals surface area contributed by atoms with Crippen molar-refractivity contribution in [2.75, 3.05) is 12.4 Å². The van der Waals surface area contributed by atoms with Gasteiger partial charge in [0.2, 0.25) is 0 Å². The molecule has 1 aromatic carbocycles. The van der Waals surface area contributed by atoms with Crippen LogP contribution in [0, 0.1) is 5.82 Å². The number of methoxy groups -OCH3 is 1. The third-order valence-corrected chi connectivity index (χ3v) is 2.90. The number of nitrogens with zero attached hydrogens (tertiary/aromatic N) is 2. The van der Waals surface area contributed by atoms with Crippen LogP contribution >= 0.6 is 15.9 Å². The molecular formula is C13H13BrFN3O. The molecule has 0 fully saturated rings. The van der Waals surface area contributed by atoms with Crippen molar-refractivity contribution in [2.24, 2.45) is 0 Å². The molecule has 0 radical (unpaired) electrons. The van der Waals surface area contributed by atoms with Crippen molar-refractivity contribution in [3.63, 3.8) is 0 Å². The molecule has 0 saturated heterocycles. The Labute approximate surface area is 119 Å². The van der Waals surface area contributed by atoms with Crippen LogP contribution in [-0.4, -0.2) is 17.1 Å². The summed E-state index contributed by atoms with van der Waals surface area (Å²) in [5, 5.41) is 2.93. The molecule has 0 aliphatic rings. The number of benzene rings is 1. The molecule has 1 heterocycles. The third-order valence-electron chi connectivity index (χ3n) is 2.49. The predicted molar refractivity (Wildman–Crippen MR) is 75.3 cm³/mol. The number of aryl methyl sites for hydroxylation is 1. The normalized spacial score (nSPS) is 10.3. The second-order valence-electron chi connectivity index (χ2n) is 3.82. The van der Waals surface area contributed by atoms with Gasteiger partial charge in [-0.15, -0.1) is 0 Å². The van der Waals surface area contributed by atoms with Crippen LogP contribution in [0.1, 0.15) is 12.7 Å². The molecule has 1 aromatic heterocycles. The van der Waals surface area contributed by atoms with Crippen LogP contribution in [0.2, 0.25) is 0 Å². The second-order valence-corrected chi connectivity index (χ2v) is 4.63. The Morgan fingerprint density at radius 3 is 2.79 bits per heavy atom. The maximum atomic E-state index is 13.7. The van der Waals surface area contributed by atoms with Crippen LogP contribution < -0.4 is 10.1 Å². The molecule has 4 nitrogen and oxygen atoms in total. The van der Waals surface area contributed by atoms with Gasteiger partial charge in [0.05, 0.1) is 12.8 Å². The lowest BCUT2D eigenvalue weighted by Crippen LogP contribution is -2.01. The average Bonchev–Trinajstić information content (AvgIpc) is 2.40. The predicted octanol–water partition coefficient (Wildman–Crippen LogP) is 3.69. The number of hydrogen-bond donors (Lipinski definition) is 1. The molecule has 0 amide bonds. The Kier molecular flexibility index (Phi) is 4.31. The smallest absolute Gasteiger partial charge is 0.146 e. The van der Waals surface area contributed by atoms with Crippen LogP contribution in [0.4, 0.5) is 15.9 Å². The van der Waals surface area contributed by atoms with E-state index in [1.807, 2.05) is 6.92 Å². The minimum Gasteiger partial charge on any atom is -0.497 e. The highest BCUT2D eigenvalue weighted by atomic mass is 79.9. The zero-order valence-corrected chi connectivity index (χ0v) is 12.2. The molecule has 0 atom stereocenters. The van der Waals surface area contributed by atoms with E-state index in [0.717, 1.165) is 0 Å². The molecule has 2 rings (SSSR count). The van der Waals surface area contributed by atoms with Gasteiger partial charge in [-0.1, -0.05) is 6.92 Å². The van der Waals surface area contributed by atoms with Crippen LogP contribution in [0.25, 0.3) is 0 Å². The van der Waals surface area contributed by atoms with E-state index in [9.17, 15) is 4.39 Å². The van der Waals surface area contributed by atoms with Crippen LogP contribution in [0.15, 0.2) is 28.9 Å². The van der Waals surface area contributed by atoms with Crippen LogP contribution in [0.5, 0.6) is 5.75 Å². The molecule has 1 N–H and O–H groups in total. The zero-order valence-electron chi connectivity index (χ0n) is 10.6. The summed E-state index contributed by atoms with van der Waals surface area (Å²) in [5.41, 5.74) is 0.312. The van der Waals surface area contributed by atoms with E-state index in [2.05, 4.69) is 31.2 Å². The minimum atomic E-state index is -0.367. The van der Waals surface area contributed by atoms with E-state index in [-0.39, 0.29) is 5.82 Å². The number of halogens is 2. The van der Waals surface area contributed by atoms with E-state index < -0.39 is 0 Å². The number of rotatable bonds is 4. The maximum absolute atomic E-state index is 13.7. The quantitative estimate of drug-likeness (QED) is 0.871. The van der Waals surface area contributed by atoms with Crippen molar-refractivity contribution in [3.8, 4) is 5.75 Å². The summed E-state index contributed by atoms with van der Waals surface area (Å²) in [6.45, 7) is 1.96. The van der Waals surface area contributed by atoms with E-state index in [1.54, 1.807) is 18.2 Å². The van der Waals surface area contributed by atoms with Crippen molar-refractivity contribution in [2.45, 2.75) is 13.3 Å². The molecule has 6 heteroatoms. The lowest BCUT2D eigenvalue weighted by atomic mass is 10.3. The van der Waals surface area contributed by atoms with Gasteiger partial charge in [-0.2, -0.15) is 0 Å². The second kappa shape index (κ2) is 5.97. The average molecular weight is 326 g/mol. The van der Waals surface area contributed by atoms with Crippen LogP contribution in [0.3, 0.4) is 0 Å². The highest BCUT2D eigenvalue weighted by molar-refractivity contribution is 9.10. The molecular weight excluding hydrogens is 313 g/mol. The van der Waals surface area contributed by atoms with E-state index in [4.69, 9.17) is 4.74 Å². The summed E-state index contributed by atoms with van der Waals surface area (Å²) >= 11 is 3.30. The number of hydrogen-bond acceptors (Lipinski definition) is 4. The summed E-state index contributed by atoms with van der Waals surface area (Å²) in [4.78, 5) is 8.48. The first-order chi connectivity index (χ1) is 9.12. The highest BCUT2D eigenvalue weighted by Crippen LogP contribution is 2.24. The number of nitrogens with one attached hydrogen (secondary N) is 1. The van der Waals surface area contributed by atoms with Gasteiger partial charge in [0.25, 0.3) is 0 Å². The Bertz CT molecular complexity index is 592. The lowest BCUT2D eigenvalue weighted by molar-refractivity contribution is 0.414. The first-order valence-corrected chi connectivity index (χ1v) is 6.55. The topological polar surface area (TPSA) is 47.0 Å². The van der Waals surface area contributed by atoms with Crippen molar-refractivity contribution < 1.29 is 9.13 Å². The molecule has 100 valence electrons. The first-order valence-electron chi connectivity index (χ1n) is 5.76. The molecule has 0 aliphatic carbocycles. The summed E-state index contributed by atoms with van der Waals surface area (Å²) in [5.74, 6) is 1.42. The van der Waals surface area contributed by atoms with Gasteiger partial charge in [0.1, 0.15) is 27.8 Å². The SMILES string of the molecule is CCc1nc(Br)cc(Nc2cc(OC)ccc2F)n1. The molecule has 0 unspecified atom stereocenters. The van der Waals surface area contributed by atoms with Crippen molar-refractivity contribution >= 4 is 27.4 Å². The van der Waals surface area contributed by atoms with Crippen molar-refractivity contribution in [1.82, 2.24) is 9.97 Å². The van der Waals surface area contributed by atoms with Gasteiger partial charge in [-0.05, 0) is 28.1 Å². The molecule has 0 aliphatic heterocycles.